The third-order valence-electron chi connectivity index (χ3n) is 10.7. The number of piperazine rings is 1. The van der Waals surface area contributed by atoms with Gasteiger partial charge in [-0.15, -0.1) is 0 Å². The summed E-state index contributed by atoms with van der Waals surface area (Å²) in [5.41, 5.74) is -1.31. The van der Waals surface area contributed by atoms with Gasteiger partial charge in [0, 0.05) is 26.6 Å². The van der Waals surface area contributed by atoms with Gasteiger partial charge >= 0.3 is 0 Å². The van der Waals surface area contributed by atoms with Crippen molar-refractivity contribution in [2.45, 2.75) is 81.6 Å². The normalized spacial score (nSPS) is 41.1. The number of ether oxygens (including phenoxy) is 2. The van der Waals surface area contributed by atoms with E-state index in [-0.39, 0.29) is 17.7 Å². The molecule has 4 saturated heterocycles. The summed E-state index contributed by atoms with van der Waals surface area (Å²) in [6, 6.07) is 3.95. The summed E-state index contributed by atoms with van der Waals surface area (Å²) in [6.45, 7) is 9.79. The lowest BCUT2D eigenvalue weighted by Crippen LogP contribution is -2.81. The first-order valence-electron chi connectivity index (χ1n) is 13.1. The van der Waals surface area contributed by atoms with Gasteiger partial charge in [0.25, 0.3) is 0 Å². The van der Waals surface area contributed by atoms with Crippen LogP contribution >= 0.6 is 0 Å². The zero-order valence-corrected chi connectivity index (χ0v) is 21.7. The van der Waals surface area contributed by atoms with E-state index >= 15 is 0 Å². The van der Waals surface area contributed by atoms with Crippen LogP contribution in [0.2, 0.25) is 0 Å². The summed E-state index contributed by atoms with van der Waals surface area (Å²) >= 11 is 0. The fourth-order valence-corrected chi connectivity index (χ4v) is 8.91. The van der Waals surface area contributed by atoms with Crippen LogP contribution in [0.3, 0.4) is 0 Å². The molecule has 5 atom stereocenters. The Morgan fingerprint density at radius 2 is 1.92 bits per heavy atom. The fraction of sp³-hybridized carbons (Fsp3) is 0.643. The largest absolute Gasteiger partial charge is 0.480 e. The molecule has 7 aliphatic rings. The van der Waals surface area contributed by atoms with E-state index in [1.165, 1.54) is 0 Å². The third kappa shape index (κ3) is 2.34. The van der Waals surface area contributed by atoms with E-state index < -0.39 is 33.6 Å². The molecule has 0 radical (unpaired) electrons. The number of carbonyl (C=O) groups is 2. The number of hydrogen-bond donors (Lipinski definition) is 2. The van der Waals surface area contributed by atoms with Crippen LogP contribution in [0.1, 0.15) is 58.9 Å². The van der Waals surface area contributed by atoms with Crippen LogP contribution in [-0.2, 0) is 15.0 Å². The first kappa shape index (κ1) is 22.6. The van der Waals surface area contributed by atoms with Crippen molar-refractivity contribution >= 4 is 17.5 Å². The summed E-state index contributed by atoms with van der Waals surface area (Å²) in [4.78, 5) is 32.3. The highest BCUT2D eigenvalue weighted by atomic mass is 16.5. The Bertz CT molecular complexity index is 1260. The number of aliphatic hydroxyl groups excluding tert-OH is 1. The molecular weight excluding hydrogens is 458 g/mol. The number of hydrogen-bond acceptors (Lipinski definition) is 6. The summed E-state index contributed by atoms with van der Waals surface area (Å²) in [6.07, 6.45) is 5.42. The van der Waals surface area contributed by atoms with Crippen molar-refractivity contribution in [3.63, 3.8) is 0 Å². The number of aliphatic hydroxyl groups is 1. The predicted molar refractivity (Wildman–Crippen MR) is 133 cm³/mol. The summed E-state index contributed by atoms with van der Waals surface area (Å²) in [5, 5.41) is 13.8. The second kappa shape index (κ2) is 6.45. The molecule has 5 fully saturated rings. The molecule has 36 heavy (non-hydrogen) atoms. The molecule has 2 amide bonds. The SMILES string of the molecule is CN1C(=O)[C@@]23C[C@H](O)CCN2C[C@@]12C[C@@]1(C(=O)Nc4c1ccc1c4OC=CC(C)(C)O1)C(C)(C)[C@@H]2C3. The topological polar surface area (TPSA) is 91.3 Å². The lowest BCUT2D eigenvalue weighted by atomic mass is 9.56. The molecule has 1 aromatic rings. The van der Waals surface area contributed by atoms with E-state index in [9.17, 15) is 14.7 Å². The Morgan fingerprint density at radius 1 is 1.14 bits per heavy atom. The van der Waals surface area contributed by atoms with E-state index in [1.54, 1.807) is 6.26 Å². The standard InChI is InChI=1S/C28H35N3O5/c1-24(2)9-11-35-21-18(36-24)7-6-17-20(21)29-22(33)28(17)14-27-15-31-10-8-16(32)12-26(31,23(34)30(27)5)13-19(27)25(28,3)4/h6-7,9,11,16,19,32H,8,10,12-15H2,1-5H3,(H,29,33)/t16-,19+,26+,27-,28-/m1/s1. The molecule has 0 aromatic heterocycles. The number of nitrogens with one attached hydrogen (secondary N) is 1. The molecule has 8 rings (SSSR count). The smallest absolute Gasteiger partial charge is 0.243 e. The number of nitrogens with zero attached hydrogens (tertiary/aromatic N) is 2. The number of piperidine rings is 3. The second-order valence-electron chi connectivity index (χ2n) is 13.0. The maximum Gasteiger partial charge on any atom is 0.243 e. The number of carbonyl (C=O) groups excluding carboxylic acids is 2. The first-order valence-corrected chi connectivity index (χ1v) is 13.1. The quantitative estimate of drug-likeness (QED) is 0.578. The van der Waals surface area contributed by atoms with Crippen molar-refractivity contribution in [3.8, 4) is 11.5 Å². The maximum atomic E-state index is 14.2. The molecule has 3 spiro atoms. The Balaban J connectivity index is 1.40. The third-order valence-corrected chi connectivity index (χ3v) is 10.7. The van der Waals surface area contributed by atoms with Gasteiger partial charge in [-0.25, -0.2) is 0 Å². The van der Waals surface area contributed by atoms with Crippen molar-refractivity contribution in [2.75, 3.05) is 25.5 Å². The molecule has 1 saturated carbocycles. The highest BCUT2D eigenvalue weighted by Gasteiger charge is 2.79. The van der Waals surface area contributed by atoms with Crippen LogP contribution in [0.25, 0.3) is 0 Å². The van der Waals surface area contributed by atoms with Crippen LogP contribution in [0.15, 0.2) is 24.5 Å². The van der Waals surface area contributed by atoms with E-state index in [2.05, 4.69) is 24.1 Å². The van der Waals surface area contributed by atoms with Gasteiger partial charge < -0.3 is 24.8 Å². The van der Waals surface area contributed by atoms with Crippen LogP contribution in [0, 0.1) is 11.3 Å². The first-order chi connectivity index (χ1) is 16.9. The number of benzene rings is 1. The van der Waals surface area contributed by atoms with Gasteiger partial charge in [0.2, 0.25) is 11.8 Å². The van der Waals surface area contributed by atoms with Gasteiger partial charge in [-0.05, 0) is 62.1 Å². The lowest BCUT2D eigenvalue weighted by Gasteiger charge is -2.67. The fourth-order valence-electron chi connectivity index (χ4n) is 8.91. The molecule has 2 bridgehead atoms. The molecular formula is C28H35N3O5. The van der Waals surface area contributed by atoms with Crippen molar-refractivity contribution < 1.29 is 24.2 Å². The van der Waals surface area contributed by atoms with Crippen molar-refractivity contribution in [1.82, 2.24) is 9.80 Å². The molecule has 8 heteroatoms. The number of amides is 2. The average Bonchev–Trinajstić information content (AvgIpc) is 3.12. The number of fused-ring (bicyclic) bond motifs is 5. The Morgan fingerprint density at radius 3 is 2.69 bits per heavy atom. The molecule has 0 unspecified atom stereocenters. The highest BCUT2D eigenvalue weighted by Crippen LogP contribution is 2.72. The van der Waals surface area contributed by atoms with Crippen LogP contribution in [0.5, 0.6) is 11.5 Å². The maximum absolute atomic E-state index is 14.2. The van der Waals surface area contributed by atoms with Crippen molar-refractivity contribution in [3.05, 3.63) is 30.0 Å². The molecule has 2 N–H and O–H groups in total. The lowest BCUT2D eigenvalue weighted by molar-refractivity contribution is -0.203. The van der Waals surface area contributed by atoms with Crippen molar-refractivity contribution in [2.24, 2.45) is 11.3 Å². The Hall–Kier alpha value is -2.58. The van der Waals surface area contributed by atoms with E-state index in [0.29, 0.717) is 49.4 Å². The van der Waals surface area contributed by atoms with Crippen LogP contribution in [0.4, 0.5) is 5.69 Å². The molecule has 192 valence electrons. The summed E-state index contributed by atoms with van der Waals surface area (Å²) < 4.78 is 12.2. The number of rotatable bonds is 0. The van der Waals surface area contributed by atoms with E-state index in [4.69, 9.17) is 9.47 Å². The van der Waals surface area contributed by atoms with Gasteiger partial charge in [-0.3, -0.25) is 14.5 Å². The zero-order chi connectivity index (χ0) is 25.5. The van der Waals surface area contributed by atoms with Gasteiger partial charge in [0.15, 0.2) is 11.5 Å². The van der Waals surface area contributed by atoms with Crippen LogP contribution < -0.4 is 14.8 Å². The second-order valence-corrected chi connectivity index (χ2v) is 13.0. The highest BCUT2D eigenvalue weighted by molar-refractivity contribution is 6.09. The number of likely N-dealkylation sites (N-methyl/N-ethyl adjacent to an activating group) is 1. The van der Waals surface area contributed by atoms with Gasteiger partial charge in [0.1, 0.15) is 11.1 Å². The van der Waals surface area contributed by atoms with Gasteiger partial charge in [-0.2, -0.15) is 0 Å². The summed E-state index contributed by atoms with van der Waals surface area (Å²) in [5.74, 6) is 1.32. The molecule has 6 heterocycles. The van der Waals surface area contributed by atoms with E-state index in [0.717, 1.165) is 12.1 Å². The zero-order valence-electron chi connectivity index (χ0n) is 21.7. The molecule has 8 nitrogen and oxygen atoms in total. The summed E-state index contributed by atoms with van der Waals surface area (Å²) in [7, 11) is 1.91. The monoisotopic (exact) mass is 493 g/mol. The predicted octanol–water partition coefficient (Wildman–Crippen LogP) is 2.80. The minimum absolute atomic E-state index is 0.0319. The minimum atomic E-state index is -0.815. The minimum Gasteiger partial charge on any atom is -0.480 e. The Kier molecular flexibility index (Phi) is 4.05. The molecule has 1 aromatic carbocycles. The molecule has 6 aliphatic heterocycles. The van der Waals surface area contributed by atoms with Gasteiger partial charge in [0.05, 0.1) is 29.0 Å². The number of anilines is 1. The average molecular weight is 494 g/mol. The Labute approximate surface area is 211 Å². The van der Waals surface area contributed by atoms with Crippen molar-refractivity contribution in [1.29, 1.82) is 0 Å². The van der Waals surface area contributed by atoms with Gasteiger partial charge in [-0.1, -0.05) is 19.9 Å². The van der Waals surface area contributed by atoms with Crippen LogP contribution in [-0.4, -0.2) is 69.6 Å². The van der Waals surface area contributed by atoms with E-state index in [1.807, 2.05) is 44.0 Å². The molecule has 1 aliphatic carbocycles.